The average Bonchev–Trinajstić information content (AvgIpc) is 2.89. The predicted molar refractivity (Wildman–Crippen MR) is 75.8 cm³/mol. The van der Waals surface area contributed by atoms with Crippen molar-refractivity contribution in [3.63, 3.8) is 0 Å². The molecule has 0 saturated heterocycles. The second kappa shape index (κ2) is 6.25. The molecule has 0 saturated carbocycles. The Balaban J connectivity index is 1.95. The summed E-state index contributed by atoms with van der Waals surface area (Å²) in [5.74, 6) is 0.467. The number of carbonyl (C=O) groups excluding carboxylic acids is 1. The monoisotopic (exact) mass is 275 g/mol. The van der Waals surface area contributed by atoms with Gasteiger partial charge in [-0.15, -0.1) is 0 Å². The highest BCUT2D eigenvalue weighted by Gasteiger charge is 2.07. The number of rotatable bonds is 4. The molecule has 0 radical (unpaired) electrons. The molecule has 1 atom stereocenters. The van der Waals surface area contributed by atoms with E-state index >= 15 is 0 Å². The van der Waals surface area contributed by atoms with Crippen LogP contribution in [0.3, 0.4) is 0 Å². The summed E-state index contributed by atoms with van der Waals surface area (Å²) in [5, 5.41) is 3.52. The molecule has 0 spiro atoms. The molecule has 4 heteroatoms. The van der Waals surface area contributed by atoms with Crippen LogP contribution in [0.1, 0.15) is 24.3 Å². The van der Waals surface area contributed by atoms with Gasteiger partial charge in [0, 0.05) is 11.1 Å². The van der Waals surface area contributed by atoms with Gasteiger partial charge in [-0.3, -0.25) is 4.79 Å². The molecule has 0 fully saturated rings. The normalized spacial score (nSPS) is 12.5. The Kier molecular flexibility index (Phi) is 4.42. The number of furan rings is 1. The van der Waals surface area contributed by atoms with Crippen molar-refractivity contribution in [1.82, 2.24) is 5.32 Å². The van der Waals surface area contributed by atoms with Crippen LogP contribution >= 0.6 is 11.6 Å². The zero-order valence-corrected chi connectivity index (χ0v) is 11.2. The van der Waals surface area contributed by atoms with Gasteiger partial charge in [-0.2, -0.15) is 0 Å². The summed E-state index contributed by atoms with van der Waals surface area (Å²) < 4.78 is 5.10. The fourth-order valence-electron chi connectivity index (χ4n) is 1.66. The van der Waals surface area contributed by atoms with Crippen molar-refractivity contribution in [2.75, 3.05) is 0 Å². The molecule has 3 nitrogen and oxygen atoms in total. The molecule has 1 aromatic heterocycles. The third-order valence-electron chi connectivity index (χ3n) is 2.65. The van der Waals surface area contributed by atoms with Gasteiger partial charge in [-0.05, 0) is 42.8 Å². The Labute approximate surface area is 116 Å². The largest absolute Gasteiger partial charge is 0.465 e. The minimum atomic E-state index is -0.177. The molecule has 1 heterocycles. The highest BCUT2D eigenvalue weighted by molar-refractivity contribution is 6.30. The second-order valence-electron chi connectivity index (χ2n) is 4.13. The van der Waals surface area contributed by atoms with E-state index < -0.39 is 0 Å². The van der Waals surface area contributed by atoms with E-state index in [9.17, 15) is 4.79 Å². The Bertz CT molecular complexity index is 576. The average molecular weight is 276 g/mol. The lowest BCUT2D eigenvalue weighted by molar-refractivity contribution is -0.117. The lowest BCUT2D eigenvalue weighted by Gasteiger charge is -2.13. The first-order valence-electron chi connectivity index (χ1n) is 5.93. The topological polar surface area (TPSA) is 42.2 Å². The van der Waals surface area contributed by atoms with E-state index in [2.05, 4.69) is 5.32 Å². The fraction of sp³-hybridized carbons (Fsp3) is 0.133. The van der Waals surface area contributed by atoms with Crippen molar-refractivity contribution in [3.05, 3.63) is 65.1 Å². The smallest absolute Gasteiger partial charge is 0.244 e. The van der Waals surface area contributed by atoms with Crippen molar-refractivity contribution in [3.8, 4) is 0 Å². The number of hydrogen-bond acceptors (Lipinski definition) is 2. The number of amides is 1. The molecular formula is C15H14ClNO2. The molecule has 0 aliphatic heterocycles. The maximum atomic E-state index is 11.7. The first-order valence-corrected chi connectivity index (χ1v) is 6.30. The zero-order valence-electron chi connectivity index (χ0n) is 10.5. The molecule has 0 bridgehead atoms. The fourth-order valence-corrected chi connectivity index (χ4v) is 1.86. The van der Waals surface area contributed by atoms with Crippen LogP contribution in [0.5, 0.6) is 0 Å². The van der Waals surface area contributed by atoms with Crippen LogP contribution < -0.4 is 5.32 Å². The molecular weight excluding hydrogens is 262 g/mol. The van der Waals surface area contributed by atoms with Crippen molar-refractivity contribution in [2.24, 2.45) is 0 Å². The van der Waals surface area contributed by atoms with Gasteiger partial charge in [0.2, 0.25) is 5.91 Å². The molecule has 1 aromatic carbocycles. The van der Waals surface area contributed by atoms with Gasteiger partial charge in [0.15, 0.2) is 0 Å². The SMILES string of the molecule is C[C@H](NC(=O)/C=C/c1ccco1)c1cccc(Cl)c1. The summed E-state index contributed by atoms with van der Waals surface area (Å²) in [6.07, 6.45) is 4.63. The van der Waals surface area contributed by atoms with Crippen LogP contribution in [0.2, 0.25) is 5.02 Å². The number of carbonyl (C=O) groups is 1. The van der Waals surface area contributed by atoms with Gasteiger partial charge in [-0.25, -0.2) is 0 Å². The lowest BCUT2D eigenvalue weighted by atomic mass is 10.1. The minimum absolute atomic E-state index is 0.104. The van der Waals surface area contributed by atoms with Crippen LogP contribution in [0, 0.1) is 0 Å². The summed E-state index contributed by atoms with van der Waals surface area (Å²) in [4.78, 5) is 11.7. The first-order chi connectivity index (χ1) is 9.15. The van der Waals surface area contributed by atoms with E-state index in [-0.39, 0.29) is 11.9 Å². The summed E-state index contributed by atoms with van der Waals surface area (Å²) in [6.45, 7) is 1.91. The number of benzene rings is 1. The quantitative estimate of drug-likeness (QED) is 0.862. The van der Waals surface area contributed by atoms with Gasteiger partial charge >= 0.3 is 0 Å². The van der Waals surface area contributed by atoms with Crippen LogP contribution in [-0.4, -0.2) is 5.91 Å². The highest BCUT2D eigenvalue weighted by Crippen LogP contribution is 2.17. The van der Waals surface area contributed by atoms with Crippen molar-refractivity contribution < 1.29 is 9.21 Å². The van der Waals surface area contributed by atoms with Crippen LogP contribution in [0.4, 0.5) is 0 Å². The van der Waals surface area contributed by atoms with Gasteiger partial charge in [0.1, 0.15) is 5.76 Å². The standard InChI is InChI=1S/C15H14ClNO2/c1-11(12-4-2-5-13(16)10-12)17-15(18)8-7-14-6-3-9-19-14/h2-11H,1H3,(H,17,18)/b8-7+/t11-/m0/s1. The zero-order chi connectivity index (χ0) is 13.7. The van der Waals surface area contributed by atoms with Crippen molar-refractivity contribution in [1.29, 1.82) is 0 Å². The third-order valence-corrected chi connectivity index (χ3v) is 2.88. The third kappa shape index (κ3) is 4.00. The van der Waals surface area contributed by atoms with Crippen molar-refractivity contribution >= 4 is 23.6 Å². The Morgan fingerprint density at radius 1 is 1.37 bits per heavy atom. The molecule has 1 amide bonds. The Hall–Kier alpha value is -2.00. The minimum Gasteiger partial charge on any atom is -0.465 e. The van der Waals surface area contributed by atoms with E-state index in [4.69, 9.17) is 16.0 Å². The summed E-state index contributed by atoms with van der Waals surface area (Å²) in [6, 6.07) is 10.9. The van der Waals surface area contributed by atoms with Crippen molar-refractivity contribution in [2.45, 2.75) is 13.0 Å². The molecule has 0 aliphatic carbocycles. The summed E-state index contributed by atoms with van der Waals surface area (Å²) in [7, 11) is 0. The lowest BCUT2D eigenvalue weighted by Crippen LogP contribution is -2.24. The Morgan fingerprint density at radius 3 is 2.89 bits per heavy atom. The molecule has 19 heavy (non-hydrogen) atoms. The van der Waals surface area contributed by atoms with Gasteiger partial charge in [0.05, 0.1) is 12.3 Å². The van der Waals surface area contributed by atoms with Gasteiger partial charge in [-0.1, -0.05) is 23.7 Å². The van der Waals surface area contributed by atoms with Crippen LogP contribution in [-0.2, 0) is 4.79 Å². The maximum absolute atomic E-state index is 11.7. The van der Waals surface area contributed by atoms with Crippen LogP contribution in [0.15, 0.2) is 53.2 Å². The predicted octanol–water partition coefficient (Wildman–Crippen LogP) is 3.82. The number of nitrogens with one attached hydrogen (secondary N) is 1. The Morgan fingerprint density at radius 2 is 2.21 bits per heavy atom. The molecule has 2 rings (SSSR count). The van der Waals surface area contributed by atoms with E-state index in [1.165, 1.54) is 6.08 Å². The van der Waals surface area contributed by atoms with E-state index in [1.807, 2.05) is 25.1 Å². The molecule has 98 valence electrons. The molecule has 0 aliphatic rings. The summed E-state index contributed by atoms with van der Waals surface area (Å²) in [5.41, 5.74) is 0.965. The van der Waals surface area contributed by atoms with E-state index in [0.717, 1.165) is 5.56 Å². The summed E-state index contributed by atoms with van der Waals surface area (Å²) >= 11 is 5.92. The van der Waals surface area contributed by atoms with Gasteiger partial charge < -0.3 is 9.73 Å². The van der Waals surface area contributed by atoms with Gasteiger partial charge in [0.25, 0.3) is 0 Å². The van der Waals surface area contributed by atoms with E-state index in [1.54, 1.807) is 30.5 Å². The number of halogens is 1. The second-order valence-corrected chi connectivity index (χ2v) is 4.57. The highest BCUT2D eigenvalue weighted by atomic mass is 35.5. The van der Waals surface area contributed by atoms with Crippen LogP contribution in [0.25, 0.3) is 6.08 Å². The maximum Gasteiger partial charge on any atom is 0.244 e. The van der Waals surface area contributed by atoms with E-state index in [0.29, 0.717) is 10.8 Å². The first kappa shape index (κ1) is 13.4. The molecule has 0 unspecified atom stereocenters. The number of hydrogen-bond donors (Lipinski definition) is 1. The molecule has 2 aromatic rings. The molecule has 1 N–H and O–H groups in total.